The number of Topliss-reactive ketones (excluding diaryl/α,β-unsaturated/α-hetero) is 2. The van der Waals surface area contributed by atoms with Gasteiger partial charge in [0.2, 0.25) is 0 Å². The largest absolute Gasteiger partial charge is 0.508 e. The molecule has 0 saturated carbocycles. The molecule has 3 unspecified atom stereocenters. The fourth-order valence-corrected chi connectivity index (χ4v) is 3.48. The Morgan fingerprint density at radius 2 is 1.62 bits per heavy atom. The number of hydrogen-bond donors (Lipinski definition) is 3. The highest BCUT2D eigenvalue weighted by molar-refractivity contribution is 6.24. The van der Waals surface area contributed by atoms with E-state index in [0.29, 0.717) is 37.5 Å². The maximum atomic E-state index is 12.9. The molecule has 0 aliphatic heterocycles. The van der Waals surface area contributed by atoms with E-state index >= 15 is 0 Å². The van der Waals surface area contributed by atoms with Crippen LogP contribution in [0.3, 0.4) is 0 Å². The Morgan fingerprint density at radius 1 is 1.08 bits per heavy atom. The van der Waals surface area contributed by atoms with Gasteiger partial charge in [-0.1, -0.05) is 48.0 Å². The van der Waals surface area contributed by atoms with Crippen LogP contribution in [0.25, 0.3) is 0 Å². The molecule has 150 valence electrons. The Kier molecular flexibility index (Phi) is 8.03. The smallest absolute Gasteiger partial charge is 0.176 e. The lowest BCUT2D eigenvalue weighted by atomic mass is 9.78. The van der Waals surface area contributed by atoms with Gasteiger partial charge in [0.15, 0.2) is 17.2 Å². The Bertz CT molecular complexity index is 549. The summed E-state index contributed by atoms with van der Waals surface area (Å²) in [5, 5.41) is 32.6. The molecule has 0 radical (unpaired) electrons. The molecule has 1 rings (SSSR count). The second-order valence-electron chi connectivity index (χ2n) is 8.60. The first kappa shape index (κ1) is 22.8. The highest BCUT2D eigenvalue weighted by Crippen LogP contribution is 2.44. The molecular formula is C21H36O5. The topological polar surface area (TPSA) is 94.8 Å². The number of rotatable bonds is 10. The number of carbonyl (C=O) groups is 2. The Hall–Kier alpha value is -1.20. The third kappa shape index (κ3) is 4.55. The van der Waals surface area contributed by atoms with Gasteiger partial charge in [0, 0.05) is 5.92 Å². The third-order valence-corrected chi connectivity index (χ3v) is 5.57. The van der Waals surface area contributed by atoms with E-state index in [1.165, 1.54) is 0 Å². The van der Waals surface area contributed by atoms with Gasteiger partial charge in [-0.2, -0.15) is 0 Å². The molecule has 5 nitrogen and oxygen atoms in total. The normalized spacial score (nSPS) is 26.1. The van der Waals surface area contributed by atoms with Gasteiger partial charge < -0.3 is 15.3 Å². The van der Waals surface area contributed by atoms with Gasteiger partial charge in [-0.15, -0.1) is 0 Å². The number of carbonyl (C=O) groups excluding carboxylic acids is 2. The molecule has 0 aromatic carbocycles. The summed E-state index contributed by atoms with van der Waals surface area (Å²) in [6.07, 6.45) is 1.15. The number of aliphatic hydroxyl groups is 3. The van der Waals surface area contributed by atoms with Crippen LogP contribution in [0.1, 0.15) is 73.6 Å². The number of allylic oxidation sites excluding steroid dienone is 1. The molecule has 3 N–H and O–H groups in total. The van der Waals surface area contributed by atoms with E-state index in [9.17, 15) is 24.9 Å². The summed E-state index contributed by atoms with van der Waals surface area (Å²) in [5.74, 6) is -2.39. The molecule has 0 aromatic rings. The van der Waals surface area contributed by atoms with Crippen LogP contribution in [0.15, 0.2) is 11.3 Å². The van der Waals surface area contributed by atoms with Crippen molar-refractivity contribution >= 4 is 11.6 Å². The van der Waals surface area contributed by atoms with Crippen LogP contribution in [0.2, 0.25) is 0 Å². The van der Waals surface area contributed by atoms with Crippen LogP contribution in [-0.4, -0.2) is 38.6 Å². The van der Waals surface area contributed by atoms with Crippen molar-refractivity contribution in [2.75, 3.05) is 0 Å². The maximum absolute atomic E-state index is 12.9. The minimum absolute atomic E-state index is 0.258. The highest BCUT2D eigenvalue weighted by Gasteiger charge is 2.58. The second-order valence-corrected chi connectivity index (χ2v) is 8.60. The van der Waals surface area contributed by atoms with Crippen LogP contribution >= 0.6 is 0 Å². The minimum Gasteiger partial charge on any atom is -0.508 e. The standard InChI is InChI=1S/C21H36O5/c1-7-14(6)18(23)17-19(24)15(10-8-12(2)3)21(26,20(17)25)16(22)11-9-13(4)5/h12-16,22,25-26H,7-11H2,1-6H3/t14?,15?,16?,21-/m1/s1. The molecule has 26 heavy (non-hydrogen) atoms. The summed E-state index contributed by atoms with van der Waals surface area (Å²) in [4.78, 5) is 25.6. The number of aliphatic hydroxyl groups excluding tert-OH is 2. The molecule has 0 amide bonds. The van der Waals surface area contributed by atoms with E-state index in [4.69, 9.17) is 0 Å². The summed E-state index contributed by atoms with van der Waals surface area (Å²) in [6.45, 7) is 11.5. The van der Waals surface area contributed by atoms with E-state index in [1.807, 2.05) is 34.6 Å². The van der Waals surface area contributed by atoms with Crippen molar-refractivity contribution in [2.24, 2.45) is 23.7 Å². The van der Waals surface area contributed by atoms with Crippen molar-refractivity contribution < 1.29 is 24.9 Å². The summed E-state index contributed by atoms with van der Waals surface area (Å²) >= 11 is 0. The van der Waals surface area contributed by atoms with Gasteiger partial charge in [-0.25, -0.2) is 0 Å². The lowest BCUT2D eigenvalue weighted by Gasteiger charge is -2.34. The van der Waals surface area contributed by atoms with Gasteiger partial charge in [0.05, 0.1) is 12.0 Å². The highest BCUT2D eigenvalue weighted by atomic mass is 16.4. The Labute approximate surface area is 157 Å². The van der Waals surface area contributed by atoms with Crippen LogP contribution in [0, 0.1) is 23.7 Å². The molecule has 0 fully saturated rings. The van der Waals surface area contributed by atoms with E-state index in [-0.39, 0.29) is 12.0 Å². The first-order chi connectivity index (χ1) is 12.0. The zero-order valence-corrected chi connectivity index (χ0v) is 17.1. The Balaban J connectivity index is 3.29. The van der Waals surface area contributed by atoms with E-state index in [2.05, 4.69) is 0 Å². The predicted molar refractivity (Wildman–Crippen MR) is 102 cm³/mol. The zero-order valence-electron chi connectivity index (χ0n) is 17.1. The lowest BCUT2D eigenvalue weighted by molar-refractivity contribution is -0.137. The van der Waals surface area contributed by atoms with Crippen molar-refractivity contribution in [1.29, 1.82) is 0 Å². The van der Waals surface area contributed by atoms with E-state index < -0.39 is 40.9 Å². The van der Waals surface area contributed by atoms with Crippen molar-refractivity contribution in [2.45, 2.75) is 85.4 Å². The summed E-state index contributed by atoms with van der Waals surface area (Å²) < 4.78 is 0. The third-order valence-electron chi connectivity index (χ3n) is 5.57. The van der Waals surface area contributed by atoms with Gasteiger partial charge in [-0.3, -0.25) is 9.59 Å². The minimum atomic E-state index is -2.07. The molecule has 0 saturated heterocycles. The SMILES string of the molecule is CCC(C)C(=O)C1=C(O)[C@](O)(C(O)CCC(C)C)C(CCC(C)C)C1=O. The average Bonchev–Trinajstić information content (AvgIpc) is 2.76. The summed E-state index contributed by atoms with van der Waals surface area (Å²) in [5.41, 5.74) is -2.38. The van der Waals surface area contributed by atoms with Crippen molar-refractivity contribution in [3.8, 4) is 0 Å². The molecule has 0 bridgehead atoms. The molecule has 0 aromatic heterocycles. The van der Waals surface area contributed by atoms with Crippen molar-refractivity contribution in [1.82, 2.24) is 0 Å². The van der Waals surface area contributed by atoms with Gasteiger partial charge >= 0.3 is 0 Å². The fraction of sp³-hybridized carbons (Fsp3) is 0.810. The molecule has 1 aliphatic carbocycles. The van der Waals surface area contributed by atoms with Crippen LogP contribution < -0.4 is 0 Å². The monoisotopic (exact) mass is 368 g/mol. The average molecular weight is 369 g/mol. The molecule has 5 heteroatoms. The number of ketones is 2. The first-order valence-corrected chi connectivity index (χ1v) is 9.90. The van der Waals surface area contributed by atoms with Gasteiger partial charge in [0.25, 0.3) is 0 Å². The first-order valence-electron chi connectivity index (χ1n) is 9.90. The zero-order chi connectivity index (χ0) is 20.2. The molecule has 1 aliphatic rings. The second kappa shape index (κ2) is 9.14. The number of hydrogen-bond acceptors (Lipinski definition) is 5. The fourth-order valence-electron chi connectivity index (χ4n) is 3.48. The maximum Gasteiger partial charge on any atom is 0.176 e. The van der Waals surface area contributed by atoms with Gasteiger partial charge in [0.1, 0.15) is 11.3 Å². The molecule has 4 atom stereocenters. The molecular weight excluding hydrogens is 332 g/mol. The van der Waals surface area contributed by atoms with E-state index in [0.717, 1.165) is 0 Å². The molecule has 0 heterocycles. The van der Waals surface area contributed by atoms with E-state index in [1.54, 1.807) is 6.92 Å². The molecule has 0 spiro atoms. The summed E-state index contributed by atoms with van der Waals surface area (Å²) in [7, 11) is 0. The van der Waals surface area contributed by atoms with Crippen LogP contribution in [0.4, 0.5) is 0 Å². The lowest BCUT2D eigenvalue weighted by Crippen LogP contribution is -2.49. The quantitative estimate of drug-likeness (QED) is 0.512. The van der Waals surface area contributed by atoms with Crippen LogP contribution in [0.5, 0.6) is 0 Å². The van der Waals surface area contributed by atoms with Gasteiger partial charge in [-0.05, 0) is 37.5 Å². The van der Waals surface area contributed by atoms with Crippen molar-refractivity contribution in [3.63, 3.8) is 0 Å². The predicted octanol–water partition coefficient (Wildman–Crippen LogP) is 3.58. The summed E-state index contributed by atoms with van der Waals surface area (Å²) in [6, 6.07) is 0. The van der Waals surface area contributed by atoms with Crippen molar-refractivity contribution in [3.05, 3.63) is 11.3 Å². The Morgan fingerprint density at radius 3 is 2.08 bits per heavy atom. The van der Waals surface area contributed by atoms with Crippen LogP contribution in [-0.2, 0) is 9.59 Å².